The number of nitrogens with one attached hydrogen (secondary N) is 1. The standard InChI is InChI=1S/C19H19Br2N5O3S2/c1-24(2)31(28,29)26-15-9-6-10-25(18(27)14-11-13(20)16(21)22-14)17(15)23-19(26)30-12-7-4-3-5-8-12/h3-5,7-8,11,22H,6,9-10H2,1-2H3. The largest absolute Gasteiger partial charge is 0.344 e. The Balaban J connectivity index is 1.84. The maximum absolute atomic E-state index is 13.2. The van der Waals surface area contributed by atoms with E-state index in [-0.39, 0.29) is 5.91 Å². The molecule has 1 aliphatic heterocycles. The van der Waals surface area contributed by atoms with Gasteiger partial charge in [-0.25, -0.2) is 8.96 Å². The van der Waals surface area contributed by atoms with Crippen molar-refractivity contribution in [2.45, 2.75) is 22.9 Å². The van der Waals surface area contributed by atoms with Crippen LogP contribution in [0.3, 0.4) is 0 Å². The molecule has 3 aromatic rings. The number of benzene rings is 1. The molecule has 1 N–H and O–H groups in total. The van der Waals surface area contributed by atoms with E-state index in [0.29, 0.717) is 46.4 Å². The van der Waals surface area contributed by atoms with Gasteiger partial charge in [-0.3, -0.25) is 9.69 Å². The third kappa shape index (κ3) is 4.23. The first-order chi connectivity index (χ1) is 14.7. The van der Waals surface area contributed by atoms with Gasteiger partial charge in [0.05, 0.1) is 14.8 Å². The van der Waals surface area contributed by atoms with Crippen LogP contribution in [0, 0.1) is 0 Å². The third-order valence-corrected chi connectivity index (χ3v) is 9.42. The molecule has 0 unspecified atom stereocenters. The summed E-state index contributed by atoms with van der Waals surface area (Å²) in [7, 11) is -0.867. The molecular formula is C19H19Br2N5O3S2. The van der Waals surface area contributed by atoms with Crippen molar-refractivity contribution < 1.29 is 13.2 Å². The van der Waals surface area contributed by atoms with E-state index in [4.69, 9.17) is 0 Å². The van der Waals surface area contributed by atoms with Gasteiger partial charge in [-0.1, -0.05) is 30.0 Å². The molecule has 1 amide bonds. The van der Waals surface area contributed by atoms with Crippen LogP contribution in [0.4, 0.5) is 5.82 Å². The lowest BCUT2D eigenvalue weighted by atomic mass is 10.1. The van der Waals surface area contributed by atoms with Crippen molar-refractivity contribution in [3.8, 4) is 0 Å². The van der Waals surface area contributed by atoms with Gasteiger partial charge in [0, 0.05) is 25.5 Å². The predicted octanol–water partition coefficient (Wildman–Crippen LogP) is 4.13. The second kappa shape index (κ2) is 8.74. The molecule has 0 aliphatic carbocycles. The van der Waals surface area contributed by atoms with E-state index in [9.17, 15) is 13.2 Å². The molecule has 31 heavy (non-hydrogen) atoms. The summed E-state index contributed by atoms with van der Waals surface area (Å²) < 4.78 is 30.2. The van der Waals surface area contributed by atoms with Gasteiger partial charge >= 0.3 is 10.2 Å². The Morgan fingerprint density at radius 3 is 2.55 bits per heavy atom. The molecule has 1 aromatic carbocycles. The van der Waals surface area contributed by atoms with Gasteiger partial charge in [0.25, 0.3) is 5.91 Å². The number of H-pyrrole nitrogens is 1. The first kappa shape index (κ1) is 22.6. The number of hydrogen-bond acceptors (Lipinski definition) is 5. The Hall–Kier alpha value is -1.60. The van der Waals surface area contributed by atoms with E-state index < -0.39 is 10.2 Å². The summed E-state index contributed by atoms with van der Waals surface area (Å²) >= 11 is 7.99. The van der Waals surface area contributed by atoms with E-state index in [2.05, 4.69) is 41.8 Å². The molecule has 0 fully saturated rings. The van der Waals surface area contributed by atoms with Crippen LogP contribution in [0.1, 0.15) is 22.6 Å². The number of halogens is 2. The normalized spacial score (nSPS) is 14.2. The molecule has 0 bridgehead atoms. The Labute approximate surface area is 201 Å². The van der Waals surface area contributed by atoms with Crippen LogP contribution >= 0.6 is 43.6 Å². The number of amides is 1. The fraction of sp³-hybridized carbons (Fsp3) is 0.263. The fourth-order valence-electron chi connectivity index (χ4n) is 3.27. The van der Waals surface area contributed by atoms with Crippen molar-refractivity contribution in [3.63, 3.8) is 0 Å². The van der Waals surface area contributed by atoms with E-state index >= 15 is 0 Å². The molecule has 12 heteroatoms. The smallest absolute Gasteiger partial charge is 0.309 e. The molecular weight excluding hydrogens is 570 g/mol. The summed E-state index contributed by atoms with van der Waals surface area (Å²) in [5.41, 5.74) is 0.894. The van der Waals surface area contributed by atoms with E-state index in [1.807, 2.05) is 30.3 Å². The van der Waals surface area contributed by atoms with Crippen molar-refractivity contribution in [2.24, 2.45) is 0 Å². The topological polar surface area (TPSA) is 91.3 Å². The zero-order valence-corrected chi connectivity index (χ0v) is 21.5. The second-order valence-corrected chi connectivity index (χ2v) is 11.7. The zero-order valence-electron chi connectivity index (χ0n) is 16.7. The van der Waals surface area contributed by atoms with Gasteiger partial charge in [0.1, 0.15) is 5.69 Å². The summed E-state index contributed by atoms with van der Waals surface area (Å²) in [6.45, 7) is 0.453. The molecule has 0 spiro atoms. The fourth-order valence-corrected chi connectivity index (χ4v) is 6.16. The Bertz CT molecular complexity index is 1220. The molecule has 2 aromatic heterocycles. The molecule has 8 nitrogen and oxygen atoms in total. The number of carbonyl (C=O) groups is 1. The first-order valence-electron chi connectivity index (χ1n) is 9.33. The molecule has 0 saturated heterocycles. The molecule has 1 aliphatic rings. The third-order valence-electron chi connectivity index (χ3n) is 4.77. The average Bonchev–Trinajstić information content (AvgIpc) is 3.27. The quantitative estimate of drug-likeness (QED) is 0.484. The van der Waals surface area contributed by atoms with Gasteiger partial charge in [0.2, 0.25) is 0 Å². The van der Waals surface area contributed by atoms with Crippen LogP contribution in [-0.4, -0.2) is 53.2 Å². The minimum Gasteiger partial charge on any atom is -0.344 e. The molecule has 0 atom stereocenters. The van der Waals surface area contributed by atoms with Gasteiger partial charge < -0.3 is 4.98 Å². The lowest BCUT2D eigenvalue weighted by Crippen LogP contribution is -2.37. The number of nitrogens with zero attached hydrogens (tertiary/aromatic N) is 4. The monoisotopic (exact) mass is 587 g/mol. The van der Waals surface area contributed by atoms with Crippen molar-refractivity contribution in [1.82, 2.24) is 18.2 Å². The highest BCUT2D eigenvalue weighted by Gasteiger charge is 2.35. The van der Waals surface area contributed by atoms with Crippen LogP contribution in [0.2, 0.25) is 0 Å². The lowest BCUT2D eigenvalue weighted by molar-refractivity contribution is 0.0980. The van der Waals surface area contributed by atoms with Crippen molar-refractivity contribution in [2.75, 3.05) is 25.5 Å². The number of rotatable bonds is 5. The Morgan fingerprint density at radius 2 is 1.94 bits per heavy atom. The summed E-state index contributed by atoms with van der Waals surface area (Å²) in [6, 6.07) is 11.1. The Kier molecular flexibility index (Phi) is 6.37. The van der Waals surface area contributed by atoms with Gasteiger partial charge in [-0.05, 0) is 62.9 Å². The number of aromatic nitrogens is 3. The summed E-state index contributed by atoms with van der Waals surface area (Å²) in [5, 5.41) is 0.304. The maximum Gasteiger partial charge on any atom is 0.309 e. The van der Waals surface area contributed by atoms with Crippen LogP contribution in [0.15, 0.2) is 55.5 Å². The minimum atomic E-state index is -3.84. The van der Waals surface area contributed by atoms with Crippen LogP contribution in [0.25, 0.3) is 0 Å². The molecule has 3 heterocycles. The van der Waals surface area contributed by atoms with Crippen LogP contribution in [-0.2, 0) is 16.6 Å². The highest BCUT2D eigenvalue weighted by atomic mass is 79.9. The second-order valence-electron chi connectivity index (χ2n) is 7.04. The minimum absolute atomic E-state index is 0.268. The van der Waals surface area contributed by atoms with Gasteiger partial charge in [0.15, 0.2) is 11.0 Å². The van der Waals surface area contributed by atoms with Crippen molar-refractivity contribution in [3.05, 3.63) is 56.9 Å². The lowest BCUT2D eigenvalue weighted by Gasteiger charge is -2.26. The first-order valence-corrected chi connectivity index (χ1v) is 13.1. The molecule has 164 valence electrons. The highest BCUT2D eigenvalue weighted by Crippen LogP contribution is 2.37. The molecule has 0 saturated carbocycles. The predicted molar refractivity (Wildman–Crippen MR) is 127 cm³/mol. The zero-order chi connectivity index (χ0) is 22.3. The number of hydrogen-bond donors (Lipinski definition) is 1. The summed E-state index contributed by atoms with van der Waals surface area (Å²) in [4.78, 5) is 23.3. The molecule has 4 rings (SSSR count). The van der Waals surface area contributed by atoms with Crippen LogP contribution < -0.4 is 4.90 Å². The van der Waals surface area contributed by atoms with Crippen molar-refractivity contribution in [1.29, 1.82) is 0 Å². The summed E-state index contributed by atoms with van der Waals surface area (Å²) in [5.74, 6) is 0.109. The number of fused-ring (bicyclic) bond motifs is 1. The average molecular weight is 589 g/mol. The van der Waals surface area contributed by atoms with E-state index in [1.165, 1.54) is 29.8 Å². The maximum atomic E-state index is 13.2. The van der Waals surface area contributed by atoms with E-state index in [1.54, 1.807) is 11.0 Å². The van der Waals surface area contributed by atoms with Gasteiger partial charge in [-0.15, -0.1) is 0 Å². The van der Waals surface area contributed by atoms with E-state index in [0.717, 1.165) is 13.7 Å². The highest BCUT2D eigenvalue weighted by molar-refractivity contribution is 9.13. The number of carbonyl (C=O) groups excluding carboxylic acids is 1. The van der Waals surface area contributed by atoms with Gasteiger partial charge in [-0.2, -0.15) is 12.7 Å². The SMILES string of the molecule is CN(C)S(=O)(=O)n1c(Sc2ccccc2)nc2c1CCCN2C(=O)c1cc(Br)c(Br)[nH]1. The van der Waals surface area contributed by atoms with Crippen molar-refractivity contribution >= 4 is 65.6 Å². The van der Waals surface area contributed by atoms with Crippen LogP contribution in [0.5, 0.6) is 0 Å². The number of imidazole rings is 1. The molecule has 0 radical (unpaired) electrons. The summed E-state index contributed by atoms with van der Waals surface area (Å²) in [6.07, 6.45) is 1.14. The Morgan fingerprint density at radius 1 is 1.23 bits per heavy atom. The number of aromatic amines is 1. The number of anilines is 1.